The van der Waals surface area contributed by atoms with Gasteiger partial charge in [0.25, 0.3) is 0 Å². The fraction of sp³-hybridized carbons (Fsp3) is 0.364. The molecule has 1 aliphatic heterocycles. The molecule has 0 radical (unpaired) electrons. The van der Waals surface area contributed by atoms with E-state index in [1.165, 1.54) is 22.9 Å². The van der Waals surface area contributed by atoms with Crippen molar-refractivity contribution in [3.05, 3.63) is 48.5 Å². The number of anilines is 2. The number of hydrogen-bond acceptors (Lipinski definition) is 8. The largest absolute Gasteiger partial charge is 0.493 e. The third-order valence-electron chi connectivity index (χ3n) is 5.09. The van der Waals surface area contributed by atoms with Gasteiger partial charge in [0.05, 0.1) is 38.1 Å². The molecule has 0 amide bonds. The Bertz CT molecular complexity index is 1030. The molecule has 1 aliphatic rings. The lowest BCUT2D eigenvalue weighted by atomic mass is 10.2. The zero-order chi connectivity index (χ0) is 22.3. The Hall–Kier alpha value is -2.72. The molecule has 3 aromatic rings. The molecule has 2 heterocycles. The first-order valence-electron chi connectivity index (χ1n) is 10.3. The van der Waals surface area contributed by atoms with E-state index in [2.05, 4.69) is 14.9 Å². The molecule has 0 unspecified atom stereocenters. The van der Waals surface area contributed by atoms with Gasteiger partial charge in [0.2, 0.25) is 5.75 Å². The van der Waals surface area contributed by atoms with Crippen molar-refractivity contribution in [2.45, 2.75) is 6.42 Å². The van der Waals surface area contributed by atoms with Crippen LogP contribution in [-0.2, 0) is 9.62 Å². The fourth-order valence-electron chi connectivity index (χ4n) is 3.40. The third kappa shape index (κ3) is 5.36. The molecule has 0 aliphatic carbocycles. The Morgan fingerprint density at radius 3 is 2.66 bits per heavy atom. The topological polar surface area (TPSA) is 69.2 Å². The van der Waals surface area contributed by atoms with Gasteiger partial charge >= 0.3 is 0 Å². The minimum absolute atomic E-state index is 0.349. The van der Waals surface area contributed by atoms with Crippen LogP contribution in [0.4, 0.5) is 15.9 Å². The monoisotopic (exact) mass is 462 g/mol. The number of nitrogens with zero attached hydrogens (tertiary/aromatic N) is 4. The molecule has 4 rings (SSSR count). The van der Waals surface area contributed by atoms with Crippen LogP contribution in [0, 0.1) is 5.82 Å². The maximum Gasteiger partial charge on any atom is 0.208 e. The number of methoxy groups -OCH3 is 1. The van der Waals surface area contributed by atoms with Gasteiger partial charge in [0.15, 0.2) is 11.6 Å². The van der Waals surface area contributed by atoms with Crippen molar-refractivity contribution in [1.29, 1.82) is 0 Å². The maximum atomic E-state index is 13.3. The van der Waals surface area contributed by atoms with Gasteiger partial charge in [-0.3, -0.25) is 4.90 Å². The number of aromatic nitrogens is 2. The van der Waals surface area contributed by atoms with Crippen LogP contribution in [0.3, 0.4) is 0 Å². The highest BCUT2D eigenvalue weighted by atomic mass is 35.5. The van der Waals surface area contributed by atoms with E-state index in [-0.39, 0.29) is 5.82 Å². The Kier molecular flexibility index (Phi) is 7.54. The Balaban J connectivity index is 1.48. The average Bonchev–Trinajstić information content (AvgIpc) is 2.83. The van der Waals surface area contributed by atoms with Crippen LogP contribution >= 0.6 is 11.8 Å². The molecule has 0 spiro atoms. The van der Waals surface area contributed by atoms with E-state index in [0.29, 0.717) is 40.5 Å². The molecule has 1 fully saturated rings. The van der Waals surface area contributed by atoms with Crippen molar-refractivity contribution in [1.82, 2.24) is 14.9 Å². The van der Waals surface area contributed by atoms with Gasteiger partial charge in [-0.05, 0) is 30.7 Å². The lowest BCUT2D eigenvalue weighted by Gasteiger charge is -2.26. The van der Waals surface area contributed by atoms with Crippen LogP contribution in [0.1, 0.15) is 6.42 Å². The highest BCUT2D eigenvalue weighted by molar-refractivity contribution is 6.30. The number of ether oxygens (including phenoxy) is 2. The second kappa shape index (κ2) is 10.7. The molecule has 0 N–H and O–H groups in total. The molecule has 1 saturated heterocycles. The van der Waals surface area contributed by atoms with E-state index in [4.69, 9.17) is 31.0 Å². The summed E-state index contributed by atoms with van der Waals surface area (Å²) in [5.41, 5.74) is 1.17. The standard InChI is InChI=1S/C22H24ClFN4O4/c1-29-20-14-19-18(13-21(20)32-31-10-2-7-27-8-11-30-12-9-27)22(26-15-25-19)28(23)17-5-3-16(24)4-6-17/h3-6,13-15H,2,7-12H2,1H3. The van der Waals surface area contributed by atoms with Crippen molar-refractivity contribution in [2.24, 2.45) is 0 Å². The zero-order valence-corrected chi connectivity index (χ0v) is 18.4. The van der Waals surface area contributed by atoms with Crippen LogP contribution < -0.4 is 14.0 Å². The predicted octanol–water partition coefficient (Wildman–Crippen LogP) is 4.10. The number of benzene rings is 2. The van der Waals surface area contributed by atoms with Crippen LogP contribution in [0.25, 0.3) is 10.9 Å². The van der Waals surface area contributed by atoms with Crippen LogP contribution in [0.5, 0.6) is 11.5 Å². The number of fused-ring (bicyclic) bond motifs is 1. The van der Waals surface area contributed by atoms with Gasteiger partial charge in [0, 0.05) is 48.9 Å². The first-order valence-corrected chi connectivity index (χ1v) is 10.6. The summed E-state index contributed by atoms with van der Waals surface area (Å²) in [5.74, 6) is 0.922. The predicted molar refractivity (Wildman–Crippen MR) is 119 cm³/mol. The first kappa shape index (κ1) is 22.5. The minimum Gasteiger partial charge on any atom is -0.493 e. The Morgan fingerprint density at radius 1 is 1.12 bits per heavy atom. The zero-order valence-electron chi connectivity index (χ0n) is 17.7. The van der Waals surface area contributed by atoms with Crippen molar-refractivity contribution < 1.29 is 23.6 Å². The van der Waals surface area contributed by atoms with Crippen molar-refractivity contribution in [3.63, 3.8) is 0 Å². The summed E-state index contributed by atoms with van der Waals surface area (Å²) in [4.78, 5) is 21.9. The Morgan fingerprint density at radius 2 is 1.91 bits per heavy atom. The average molecular weight is 463 g/mol. The summed E-state index contributed by atoms with van der Waals surface area (Å²) in [6.45, 7) is 4.75. The molecule has 32 heavy (non-hydrogen) atoms. The summed E-state index contributed by atoms with van der Waals surface area (Å²) in [5, 5.41) is 0.625. The third-order valence-corrected chi connectivity index (χ3v) is 5.45. The van der Waals surface area contributed by atoms with Gasteiger partial charge < -0.3 is 14.4 Å². The summed E-state index contributed by atoms with van der Waals surface area (Å²) in [6.07, 6.45) is 2.23. The highest BCUT2D eigenvalue weighted by Gasteiger charge is 2.17. The van der Waals surface area contributed by atoms with Crippen LogP contribution in [0.15, 0.2) is 42.7 Å². The smallest absolute Gasteiger partial charge is 0.208 e. The SMILES string of the molecule is COc1cc2ncnc(N(Cl)c3ccc(F)cc3)c2cc1OOCCCN1CCOCC1. The van der Waals surface area contributed by atoms with E-state index in [0.717, 1.165) is 39.3 Å². The van der Waals surface area contributed by atoms with E-state index >= 15 is 0 Å². The van der Waals surface area contributed by atoms with E-state index in [1.54, 1.807) is 31.4 Å². The van der Waals surface area contributed by atoms with Crippen molar-refractivity contribution in [2.75, 3.05) is 51.0 Å². The van der Waals surface area contributed by atoms with E-state index in [9.17, 15) is 4.39 Å². The minimum atomic E-state index is -0.349. The lowest BCUT2D eigenvalue weighted by molar-refractivity contribution is -0.208. The number of rotatable bonds is 9. The molecule has 0 atom stereocenters. The normalized spacial score (nSPS) is 14.5. The van der Waals surface area contributed by atoms with Crippen LogP contribution in [-0.4, -0.2) is 61.4 Å². The van der Waals surface area contributed by atoms with Gasteiger partial charge in [-0.1, -0.05) is 0 Å². The molecule has 2 aromatic carbocycles. The van der Waals surface area contributed by atoms with E-state index in [1.807, 2.05) is 0 Å². The van der Waals surface area contributed by atoms with Crippen molar-refractivity contribution in [3.8, 4) is 11.5 Å². The first-order chi connectivity index (χ1) is 15.7. The summed E-state index contributed by atoms with van der Waals surface area (Å²) in [6, 6.07) is 9.23. The fourth-order valence-corrected chi connectivity index (χ4v) is 3.65. The van der Waals surface area contributed by atoms with E-state index < -0.39 is 0 Å². The number of morpholine rings is 1. The summed E-state index contributed by atoms with van der Waals surface area (Å²) < 4.78 is 25.4. The quantitative estimate of drug-likeness (QED) is 0.204. The molecule has 1 aromatic heterocycles. The number of hydrogen-bond donors (Lipinski definition) is 0. The molecule has 8 nitrogen and oxygen atoms in total. The molecular weight excluding hydrogens is 439 g/mol. The van der Waals surface area contributed by atoms with Crippen LogP contribution in [0.2, 0.25) is 0 Å². The maximum absolute atomic E-state index is 13.3. The van der Waals surface area contributed by atoms with Gasteiger partial charge in [0.1, 0.15) is 12.1 Å². The summed E-state index contributed by atoms with van der Waals surface area (Å²) in [7, 11) is 1.54. The van der Waals surface area contributed by atoms with Crippen molar-refractivity contribution >= 4 is 34.2 Å². The second-order valence-electron chi connectivity index (χ2n) is 7.19. The Labute approximate surface area is 190 Å². The highest BCUT2D eigenvalue weighted by Crippen LogP contribution is 2.37. The molecule has 0 bridgehead atoms. The number of halogens is 2. The molecule has 0 saturated carbocycles. The summed E-state index contributed by atoms with van der Waals surface area (Å²) >= 11 is 6.51. The second-order valence-corrected chi connectivity index (χ2v) is 7.53. The van der Waals surface area contributed by atoms with Gasteiger partial charge in [-0.15, -0.1) is 0 Å². The van der Waals surface area contributed by atoms with Gasteiger partial charge in [-0.2, -0.15) is 4.89 Å². The lowest BCUT2D eigenvalue weighted by Crippen LogP contribution is -2.37. The molecular formula is C22H24ClFN4O4. The van der Waals surface area contributed by atoms with Gasteiger partial charge in [-0.25, -0.2) is 18.8 Å². The molecule has 10 heteroatoms. The molecule has 170 valence electrons.